The fourth-order valence-corrected chi connectivity index (χ4v) is 2.97. The van der Waals surface area contributed by atoms with E-state index >= 15 is 0 Å². The number of hydrogen-bond donors (Lipinski definition) is 1. The molecule has 21 heavy (non-hydrogen) atoms. The molecular weight excluding hydrogens is 284 g/mol. The van der Waals surface area contributed by atoms with Crippen LogP contribution in [-0.2, 0) is 11.2 Å². The Hall–Kier alpha value is -2.21. The van der Waals surface area contributed by atoms with Gasteiger partial charge in [0.25, 0.3) is 0 Å². The van der Waals surface area contributed by atoms with Crippen LogP contribution in [0.1, 0.15) is 21.8 Å². The molecule has 3 aromatic heterocycles. The van der Waals surface area contributed by atoms with Crippen molar-refractivity contribution in [3.05, 3.63) is 46.4 Å². The first-order valence-corrected chi connectivity index (χ1v) is 7.51. The molecule has 3 aromatic rings. The molecule has 0 atom stereocenters. The average Bonchev–Trinajstić information content (AvgIpc) is 2.94. The lowest BCUT2D eigenvalue weighted by molar-refractivity contribution is -0.115. The Kier molecular flexibility index (Phi) is 3.47. The van der Waals surface area contributed by atoms with E-state index in [1.54, 1.807) is 0 Å². The van der Waals surface area contributed by atoms with Crippen LogP contribution in [0.15, 0.2) is 24.5 Å². The van der Waals surface area contributed by atoms with Crippen LogP contribution in [-0.4, -0.2) is 20.3 Å². The molecule has 0 unspecified atom stereocenters. The lowest BCUT2D eigenvalue weighted by Crippen LogP contribution is -2.14. The third-order valence-electron chi connectivity index (χ3n) is 3.34. The molecule has 0 radical (unpaired) electrons. The summed E-state index contributed by atoms with van der Waals surface area (Å²) in [7, 11) is 0. The summed E-state index contributed by atoms with van der Waals surface area (Å²) in [5.41, 5.74) is 3.70. The summed E-state index contributed by atoms with van der Waals surface area (Å²) in [6, 6.07) is 3.97. The van der Waals surface area contributed by atoms with Crippen LogP contribution >= 0.6 is 11.3 Å². The average molecular weight is 300 g/mol. The Bertz CT molecular complexity index is 799. The molecule has 6 heteroatoms. The first-order chi connectivity index (χ1) is 10.0. The Morgan fingerprint density at radius 2 is 2.14 bits per heavy atom. The van der Waals surface area contributed by atoms with Crippen molar-refractivity contribution in [3.8, 4) is 0 Å². The molecule has 0 aromatic carbocycles. The lowest BCUT2D eigenvalue weighted by atomic mass is 10.3. The maximum atomic E-state index is 12.1. The van der Waals surface area contributed by atoms with Gasteiger partial charge < -0.3 is 9.72 Å². The second-order valence-corrected chi connectivity index (χ2v) is 6.24. The molecule has 0 spiro atoms. The van der Waals surface area contributed by atoms with Gasteiger partial charge in [0.2, 0.25) is 5.91 Å². The Morgan fingerprint density at radius 1 is 1.33 bits per heavy atom. The number of imidazole rings is 1. The number of hydrogen-bond acceptors (Lipinski definition) is 4. The van der Waals surface area contributed by atoms with Crippen LogP contribution in [0.5, 0.6) is 0 Å². The van der Waals surface area contributed by atoms with E-state index in [1.165, 1.54) is 11.3 Å². The number of fused-ring (bicyclic) bond motifs is 1. The molecule has 5 nitrogen and oxygen atoms in total. The van der Waals surface area contributed by atoms with Crippen molar-refractivity contribution in [2.24, 2.45) is 0 Å². The van der Waals surface area contributed by atoms with Gasteiger partial charge in [-0.2, -0.15) is 0 Å². The zero-order valence-corrected chi connectivity index (χ0v) is 13.0. The van der Waals surface area contributed by atoms with Crippen LogP contribution in [0.25, 0.3) is 5.65 Å². The molecule has 0 saturated carbocycles. The molecule has 3 rings (SSSR count). The molecule has 0 aliphatic rings. The van der Waals surface area contributed by atoms with E-state index in [0.717, 1.165) is 27.5 Å². The third kappa shape index (κ3) is 2.80. The van der Waals surface area contributed by atoms with Gasteiger partial charge in [-0.05, 0) is 32.4 Å². The van der Waals surface area contributed by atoms with E-state index in [0.29, 0.717) is 5.13 Å². The number of carbonyl (C=O) groups excluding carboxylic acids is 1. The SMILES string of the molecule is Cc1nc(NC(=O)Cc2cn3cccc(C)c3n2)sc1C. The quantitative estimate of drug-likeness (QED) is 0.809. The number of nitrogens with one attached hydrogen (secondary N) is 1. The highest BCUT2D eigenvalue weighted by Gasteiger charge is 2.11. The summed E-state index contributed by atoms with van der Waals surface area (Å²) < 4.78 is 1.94. The monoisotopic (exact) mass is 300 g/mol. The first-order valence-electron chi connectivity index (χ1n) is 6.70. The van der Waals surface area contributed by atoms with Gasteiger partial charge in [0.15, 0.2) is 5.13 Å². The zero-order chi connectivity index (χ0) is 15.0. The number of amides is 1. The largest absolute Gasteiger partial charge is 0.307 e. The molecule has 0 aliphatic heterocycles. The number of thiazole rings is 1. The summed E-state index contributed by atoms with van der Waals surface area (Å²) in [5.74, 6) is -0.0928. The number of anilines is 1. The lowest BCUT2D eigenvalue weighted by Gasteiger charge is -1.98. The standard InChI is InChI=1S/C15H16N4OS/c1-9-5-4-6-19-8-12(17-14(9)19)7-13(20)18-15-16-10(2)11(3)21-15/h4-6,8H,7H2,1-3H3,(H,16,18,20). The summed E-state index contributed by atoms with van der Waals surface area (Å²) >= 11 is 1.49. The Balaban J connectivity index is 1.75. The predicted octanol–water partition coefficient (Wildman–Crippen LogP) is 2.90. The summed E-state index contributed by atoms with van der Waals surface area (Å²) in [6.45, 7) is 5.94. The van der Waals surface area contributed by atoms with Crippen LogP contribution in [0.2, 0.25) is 0 Å². The van der Waals surface area contributed by atoms with Gasteiger partial charge in [0.1, 0.15) is 5.65 Å². The topological polar surface area (TPSA) is 59.3 Å². The van der Waals surface area contributed by atoms with Gasteiger partial charge >= 0.3 is 0 Å². The maximum absolute atomic E-state index is 12.1. The number of rotatable bonds is 3. The fraction of sp³-hybridized carbons (Fsp3) is 0.267. The fourth-order valence-electron chi connectivity index (χ4n) is 2.14. The summed E-state index contributed by atoms with van der Waals surface area (Å²) in [5, 5.41) is 3.48. The Labute approximate surface area is 126 Å². The number of aromatic nitrogens is 3. The van der Waals surface area contributed by atoms with Crippen LogP contribution in [0.4, 0.5) is 5.13 Å². The van der Waals surface area contributed by atoms with Crippen molar-refractivity contribution < 1.29 is 4.79 Å². The van der Waals surface area contributed by atoms with E-state index < -0.39 is 0 Å². The minimum Gasteiger partial charge on any atom is -0.307 e. The molecule has 0 saturated heterocycles. The van der Waals surface area contributed by atoms with Gasteiger partial charge in [0.05, 0.1) is 17.8 Å². The zero-order valence-electron chi connectivity index (χ0n) is 12.2. The van der Waals surface area contributed by atoms with Crippen molar-refractivity contribution in [3.63, 3.8) is 0 Å². The molecule has 0 aliphatic carbocycles. The van der Waals surface area contributed by atoms with E-state index in [2.05, 4.69) is 15.3 Å². The minimum atomic E-state index is -0.0928. The van der Waals surface area contributed by atoms with E-state index in [1.807, 2.05) is 49.7 Å². The summed E-state index contributed by atoms with van der Waals surface area (Å²) in [4.78, 5) is 22.0. The molecule has 1 N–H and O–H groups in total. The molecule has 0 bridgehead atoms. The minimum absolute atomic E-state index is 0.0928. The molecule has 3 heterocycles. The highest BCUT2D eigenvalue weighted by atomic mass is 32.1. The molecular formula is C15H16N4OS. The number of carbonyl (C=O) groups is 1. The van der Waals surface area contributed by atoms with E-state index in [-0.39, 0.29) is 12.3 Å². The highest BCUT2D eigenvalue weighted by Crippen LogP contribution is 2.21. The van der Waals surface area contributed by atoms with Crippen molar-refractivity contribution in [2.45, 2.75) is 27.2 Å². The van der Waals surface area contributed by atoms with Crippen molar-refractivity contribution in [2.75, 3.05) is 5.32 Å². The summed E-state index contributed by atoms with van der Waals surface area (Å²) in [6.07, 6.45) is 4.07. The van der Waals surface area contributed by atoms with Crippen LogP contribution in [0, 0.1) is 20.8 Å². The molecule has 1 amide bonds. The van der Waals surface area contributed by atoms with Crippen molar-refractivity contribution >= 4 is 28.0 Å². The van der Waals surface area contributed by atoms with Gasteiger partial charge in [-0.15, -0.1) is 11.3 Å². The maximum Gasteiger partial charge on any atom is 0.232 e. The van der Waals surface area contributed by atoms with Gasteiger partial charge in [-0.3, -0.25) is 4.79 Å². The second-order valence-electron chi connectivity index (χ2n) is 5.04. The highest BCUT2D eigenvalue weighted by molar-refractivity contribution is 7.15. The van der Waals surface area contributed by atoms with Gasteiger partial charge in [0, 0.05) is 17.3 Å². The third-order valence-corrected chi connectivity index (χ3v) is 4.33. The normalized spacial score (nSPS) is 11.0. The number of nitrogens with zero attached hydrogens (tertiary/aromatic N) is 3. The Morgan fingerprint density at radius 3 is 2.81 bits per heavy atom. The van der Waals surface area contributed by atoms with E-state index in [4.69, 9.17) is 0 Å². The second kappa shape index (κ2) is 5.29. The van der Waals surface area contributed by atoms with Crippen LogP contribution < -0.4 is 5.32 Å². The smallest absolute Gasteiger partial charge is 0.232 e. The number of aryl methyl sites for hydroxylation is 3. The molecule has 108 valence electrons. The van der Waals surface area contributed by atoms with Crippen LogP contribution in [0.3, 0.4) is 0 Å². The van der Waals surface area contributed by atoms with E-state index in [9.17, 15) is 4.79 Å². The van der Waals surface area contributed by atoms with Crippen molar-refractivity contribution in [1.29, 1.82) is 0 Å². The number of pyridine rings is 1. The van der Waals surface area contributed by atoms with Crippen molar-refractivity contribution in [1.82, 2.24) is 14.4 Å². The molecule has 0 fully saturated rings. The van der Waals surface area contributed by atoms with Gasteiger partial charge in [-0.25, -0.2) is 9.97 Å². The first kappa shape index (κ1) is 13.8. The van der Waals surface area contributed by atoms with Gasteiger partial charge in [-0.1, -0.05) is 6.07 Å². The predicted molar refractivity (Wildman–Crippen MR) is 83.9 cm³/mol.